The quantitative estimate of drug-likeness (QED) is 0.597. The maximum atomic E-state index is 13.5. The van der Waals surface area contributed by atoms with Crippen LogP contribution in [0, 0.1) is 0 Å². The second-order valence-corrected chi connectivity index (χ2v) is 7.56. The Morgan fingerprint density at radius 1 is 1.13 bits per heavy atom. The predicted molar refractivity (Wildman–Crippen MR) is 99.4 cm³/mol. The predicted octanol–water partition coefficient (Wildman–Crippen LogP) is 2.36. The van der Waals surface area contributed by atoms with Crippen molar-refractivity contribution in [1.82, 2.24) is 4.57 Å². The van der Waals surface area contributed by atoms with E-state index < -0.39 is 43.6 Å². The van der Waals surface area contributed by atoms with Gasteiger partial charge in [-0.05, 0) is 36.4 Å². The number of halogens is 3. The molecule has 0 aliphatic carbocycles. The lowest BCUT2D eigenvalue weighted by atomic mass is 10.1. The van der Waals surface area contributed by atoms with E-state index >= 15 is 0 Å². The van der Waals surface area contributed by atoms with Crippen molar-refractivity contribution in [3.8, 4) is 11.4 Å². The molecule has 1 aromatic heterocycles. The van der Waals surface area contributed by atoms with E-state index in [-0.39, 0.29) is 22.5 Å². The molecule has 0 radical (unpaired) electrons. The van der Waals surface area contributed by atoms with Gasteiger partial charge >= 0.3 is 6.18 Å². The van der Waals surface area contributed by atoms with Crippen molar-refractivity contribution < 1.29 is 35.7 Å². The number of nitrogens with two attached hydrogens (primary N) is 1. The van der Waals surface area contributed by atoms with Crippen LogP contribution in [-0.4, -0.2) is 30.6 Å². The highest BCUT2D eigenvalue weighted by Gasteiger charge is 2.34. The monoisotopic (exact) mass is 442 g/mol. The lowest BCUT2D eigenvalue weighted by molar-refractivity contribution is -0.136. The standard InChI is InChI=1S/C18H13F3N2O6S/c1-29-15-6-9(17(22)25)2-4-14(15)23-13-5-3-10(30(26,27)28)7-11(13)12(8-16(23)24)18(19,20)21/h2-8H,1H3,(H2,22,25)(H,26,27,28). The summed E-state index contributed by atoms with van der Waals surface area (Å²) >= 11 is 0. The summed E-state index contributed by atoms with van der Waals surface area (Å²) in [5.41, 5.74) is 2.47. The van der Waals surface area contributed by atoms with Crippen molar-refractivity contribution in [3.63, 3.8) is 0 Å². The molecule has 1 heterocycles. The molecule has 0 aliphatic rings. The largest absolute Gasteiger partial charge is 0.495 e. The number of pyridine rings is 1. The first kappa shape index (κ1) is 21.3. The van der Waals surface area contributed by atoms with Gasteiger partial charge in [-0.15, -0.1) is 0 Å². The van der Waals surface area contributed by atoms with Gasteiger partial charge in [0.15, 0.2) is 0 Å². The van der Waals surface area contributed by atoms with Gasteiger partial charge in [-0.1, -0.05) is 0 Å². The highest BCUT2D eigenvalue weighted by atomic mass is 32.2. The Hall–Kier alpha value is -3.38. The minimum absolute atomic E-state index is 0.00849. The fourth-order valence-corrected chi connectivity index (χ4v) is 3.48. The number of benzene rings is 2. The molecule has 0 unspecified atom stereocenters. The topological polar surface area (TPSA) is 129 Å². The SMILES string of the molecule is COc1cc(C(N)=O)ccc1-n1c(=O)cc(C(F)(F)F)c2cc(S(=O)(=O)O)ccc21. The molecule has 2 aromatic carbocycles. The molecule has 3 rings (SSSR count). The molecule has 158 valence electrons. The van der Waals surface area contributed by atoms with Crippen LogP contribution in [0.2, 0.25) is 0 Å². The van der Waals surface area contributed by atoms with Crippen molar-refractivity contribution in [2.75, 3.05) is 7.11 Å². The number of fused-ring (bicyclic) bond motifs is 1. The van der Waals surface area contributed by atoms with Crippen LogP contribution in [0.1, 0.15) is 15.9 Å². The van der Waals surface area contributed by atoms with E-state index in [2.05, 4.69) is 0 Å². The highest BCUT2D eigenvalue weighted by molar-refractivity contribution is 7.85. The number of methoxy groups -OCH3 is 1. The molecule has 0 saturated carbocycles. The summed E-state index contributed by atoms with van der Waals surface area (Å²) in [6.45, 7) is 0. The second-order valence-electron chi connectivity index (χ2n) is 6.13. The summed E-state index contributed by atoms with van der Waals surface area (Å²) in [6.07, 6.45) is -4.98. The minimum atomic E-state index is -4.98. The Balaban J connectivity index is 2.47. The molecule has 3 aromatic rings. The summed E-state index contributed by atoms with van der Waals surface area (Å²) in [7, 11) is -3.58. The first-order valence-corrected chi connectivity index (χ1v) is 9.51. The van der Waals surface area contributed by atoms with E-state index in [0.717, 1.165) is 16.7 Å². The number of nitrogens with zero attached hydrogens (tertiary/aromatic N) is 1. The Morgan fingerprint density at radius 2 is 1.80 bits per heavy atom. The van der Waals surface area contributed by atoms with E-state index in [9.17, 15) is 35.7 Å². The first-order chi connectivity index (χ1) is 13.8. The molecular formula is C18H13F3N2O6S. The van der Waals surface area contributed by atoms with E-state index in [1.807, 2.05) is 0 Å². The van der Waals surface area contributed by atoms with Gasteiger partial charge in [0.05, 0.1) is 28.8 Å². The van der Waals surface area contributed by atoms with Gasteiger partial charge in [-0.25, -0.2) is 0 Å². The molecule has 30 heavy (non-hydrogen) atoms. The fourth-order valence-electron chi connectivity index (χ4n) is 2.97. The van der Waals surface area contributed by atoms with Crippen LogP contribution in [0.4, 0.5) is 13.2 Å². The zero-order chi connectivity index (χ0) is 22.4. The molecule has 3 N–H and O–H groups in total. The van der Waals surface area contributed by atoms with Crippen LogP contribution in [0.3, 0.4) is 0 Å². The van der Waals surface area contributed by atoms with E-state index in [1.165, 1.54) is 25.3 Å². The van der Waals surface area contributed by atoms with Gasteiger partial charge in [0.2, 0.25) is 5.91 Å². The summed E-state index contributed by atoms with van der Waals surface area (Å²) in [5.74, 6) is -0.824. The van der Waals surface area contributed by atoms with Gasteiger partial charge in [0.25, 0.3) is 15.7 Å². The van der Waals surface area contributed by atoms with Crippen LogP contribution < -0.4 is 16.0 Å². The molecule has 0 spiro atoms. The summed E-state index contributed by atoms with van der Waals surface area (Å²) in [6, 6.07) is 6.45. The van der Waals surface area contributed by atoms with Gasteiger partial charge in [0.1, 0.15) is 5.75 Å². The van der Waals surface area contributed by atoms with Gasteiger partial charge in [-0.2, -0.15) is 21.6 Å². The number of carbonyl (C=O) groups is 1. The molecule has 0 atom stereocenters. The number of rotatable bonds is 4. The average molecular weight is 442 g/mol. The number of primary amides is 1. The average Bonchev–Trinajstić information content (AvgIpc) is 2.65. The van der Waals surface area contributed by atoms with Gasteiger partial charge in [-0.3, -0.25) is 18.7 Å². The summed E-state index contributed by atoms with van der Waals surface area (Å²) in [4.78, 5) is 23.2. The Bertz CT molecular complexity index is 1350. The van der Waals surface area contributed by atoms with Crippen molar-refractivity contribution in [1.29, 1.82) is 0 Å². The highest BCUT2D eigenvalue weighted by Crippen LogP contribution is 2.36. The number of amides is 1. The third-order valence-corrected chi connectivity index (χ3v) is 5.15. The van der Waals surface area contributed by atoms with Gasteiger partial charge in [0, 0.05) is 17.0 Å². The Morgan fingerprint density at radius 3 is 2.33 bits per heavy atom. The molecule has 1 amide bonds. The maximum Gasteiger partial charge on any atom is 0.417 e. The third-order valence-electron chi connectivity index (χ3n) is 4.30. The number of carbonyl (C=O) groups excluding carboxylic acids is 1. The number of hydrogen-bond donors (Lipinski definition) is 2. The number of hydrogen-bond acceptors (Lipinski definition) is 5. The van der Waals surface area contributed by atoms with Crippen LogP contribution in [-0.2, 0) is 16.3 Å². The maximum absolute atomic E-state index is 13.5. The van der Waals surface area contributed by atoms with Crippen molar-refractivity contribution >= 4 is 26.9 Å². The number of aromatic nitrogens is 1. The number of ether oxygens (including phenoxy) is 1. The van der Waals surface area contributed by atoms with Crippen molar-refractivity contribution in [3.05, 3.63) is 63.9 Å². The van der Waals surface area contributed by atoms with E-state index in [0.29, 0.717) is 12.1 Å². The van der Waals surface area contributed by atoms with Crippen molar-refractivity contribution in [2.45, 2.75) is 11.1 Å². The summed E-state index contributed by atoms with van der Waals surface area (Å²) in [5, 5.41) is -0.641. The third kappa shape index (κ3) is 3.74. The second kappa shape index (κ2) is 7.15. The fraction of sp³-hybridized carbons (Fsp3) is 0.111. The molecule has 12 heteroatoms. The van der Waals surface area contributed by atoms with E-state index in [1.54, 1.807) is 0 Å². The molecule has 0 fully saturated rings. The molecule has 0 aliphatic heterocycles. The molecular weight excluding hydrogens is 429 g/mol. The van der Waals surface area contributed by atoms with Crippen LogP contribution in [0.15, 0.2) is 52.2 Å². The normalized spacial score (nSPS) is 12.2. The van der Waals surface area contributed by atoms with Crippen LogP contribution in [0.5, 0.6) is 5.75 Å². The molecule has 8 nitrogen and oxygen atoms in total. The lowest BCUT2D eigenvalue weighted by Gasteiger charge is -2.18. The zero-order valence-electron chi connectivity index (χ0n) is 15.1. The van der Waals surface area contributed by atoms with E-state index in [4.69, 9.17) is 10.5 Å². The molecule has 0 bridgehead atoms. The first-order valence-electron chi connectivity index (χ1n) is 8.07. The number of alkyl halides is 3. The van der Waals surface area contributed by atoms with Crippen LogP contribution >= 0.6 is 0 Å². The van der Waals surface area contributed by atoms with Crippen LogP contribution in [0.25, 0.3) is 16.6 Å². The zero-order valence-corrected chi connectivity index (χ0v) is 15.9. The van der Waals surface area contributed by atoms with Gasteiger partial charge < -0.3 is 10.5 Å². The molecule has 0 saturated heterocycles. The minimum Gasteiger partial charge on any atom is -0.495 e. The van der Waals surface area contributed by atoms with Crippen molar-refractivity contribution in [2.24, 2.45) is 5.73 Å². The summed E-state index contributed by atoms with van der Waals surface area (Å²) < 4.78 is 78.6. The lowest BCUT2D eigenvalue weighted by Crippen LogP contribution is -2.23. The Kier molecular flexibility index (Phi) is 5.08. The smallest absolute Gasteiger partial charge is 0.417 e. The Labute approximate surface area is 167 Å².